The Morgan fingerprint density at radius 3 is 2.06 bits per heavy atom. The van der Waals surface area contributed by atoms with Crippen molar-refractivity contribution in [2.75, 3.05) is 0 Å². The number of nitrogens with zero attached hydrogens (tertiary/aromatic N) is 1. The average molecular weight is 236 g/mol. The second-order valence-corrected chi connectivity index (χ2v) is 6.09. The smallest absolute Gasteiger partial charge is 0.251 e. The highest BCUT2D eigenvalue weighted by atomic mass is 16.9. The van der Waals surface area contributed by atoms with Gasteiger partial charge in [0.15, 0.2) is 0 Å². The molecule has 4 nitrogen and oxygen atoms in total. The summed E-state index contributed by atoms with van der Waals surface area (Å²) < 4.78 is 0. The first-order valence-electron chi connectivity index (χ1n) is 6.49. The van der Waals surface area contributed by atoms with Crippen molar-refractivity contribution in [3.63, 3.8) is 0 Å². The lowest BCUT2D eigenvalue weighted by atomic mass is 9.54. The highest BCUT2D eigenvalue weighted by Gasteiger charge is 2.54. The number of aliphatic imine (C=N–C) groups is 1. The van der Waals surface area contributed by atoms with Crippen LogP contribution in [0.3, 0.4) is 0 Å². The summed E-state index contributed by atoms with van der Waals surface area (Å²) in [7, 11) is 0. The van der Waals surface area contributed by atoms with E-state index in [1.54, 1.807) is 0 Å². The molecule has 1 unspecified atom stereocenters. The van der Waals surface area contributed by atoms with Crippen molar-refractivity contribution in [1.82, 2.24) is 0 Å². The van der Waals surface area contributed by atoms with E-state index in [1.165, 1.54) is 19.3 Å². The zero-order valence-corrected chi connectivity index (χ0v) is 10.2. The predicted molar refractivity (Wildman–Crippen MR) is 65.0 cm³/mol. The summed E-state index contributed by atoms with van der Waals surface area (Å²) in [5, 5.41) is 11.4. The Kier molecular flexibility index (Phi) is 2.61. The molecule has 1 atom stereocenters. The number of hydrogen-bond donors (Lipinski definition) is 1. The van der Waals surface area contributed by atoms with Gasteiger partial charge in [-0.2, -0.15) is 10.1 Å². The van der Waals surface area contributed by atoms with Crippen LogP contribution in [0.2, 0.25) is 0 Å². The van der Waals surface area contributed by atoms with Crippen LogP contribution < -0.4 is 5.23 Å². The maximum atomic E-state index is 11.8. The van der Waals surface area contributed by atoms with Gasteiger partial charge in [-0.1, -0.05) is 0 Å². The summed E-state index contributed by atoms with van der Waals surface area (Å²) in [5.74, 6) is 2.47. The van der Waals surface area contributed by atoms with Crippen LogP contribution >= 0.6 is 0 Å². The molecule has 4 saturated carbocycles. The molecule has 0 aromatic rings. The quantitative estimate of drug-likeness (QED) is 0.593. The van der Waals surface area contributed by atoms with Gasteiger partial charge in [-0.3, -0.25) is 0 Å². The Balaban J connectivity index is 1.74. The van der Waals surface area contributed by atoms with Gasteiger partial charge in [0.2, 0.25) is 0 Å². The Hall–Kier alpha value is -0.710. The standard InChI is InChI=1S/C13H20N2O2/c1-9(14-2)15(16)17-13-6-10-3-11(7-13)5-12(4-10)8-13/h10-12,15H,1-8H2. The van der Waals surface area contributed by atoms with Crippen molar-refractivity contribution < 1.29 is 10.1 Å². The van der Waals surface area contributed by atoms with Gasteiger partial charge in [0.05, 0.1) is 0 Å². The molecule has 17 heavy (non-hydrogen) atoms. The van der Waals surface area contributed by atoms with E-state index in [0.29, 0.717) is 0 Å². The average Bonchev–Trinajstić information content (AvgIpc) is 2.25. The number of quaternary nitrogens is 1. The first kappa shape index (κ1) is 11.4. The van der Waals surface area contributed by atoms with Crippen LogP contribution in [0.4, 0.5) is 0 Å². The predicted octanol–water partition coefficient (Wildman–Crippen LogP) is 1.44. The van der Waals surface area contributed by atoms with E-state index in [1.807, 2.05) is 0 Å². The lowest BCUT2D eigenvalue weighted by Gasteiger charge is -2.55. The van der Waals surface area contributed by atoms with E-state index in [9.17, 15) is 5.21 Å². The van der Waals surface area contributed by atoms with Crippen LogP contribution in [0.5, 0.6) is 0 Å². The molecule has 94 valence electrons. The fourth-order valence-corrected chi connectivity index (χ4v) is 4.48. The van der Waals surface area contributed by atoms with Gasteiger partial charge >= 0.3 is 0 Å². The third kappa shape index (κ3) is 1.94. The first-order chi connectivity index (χ1) is 8.10. The fraction of sp³-hybridized carbons (Fsp3) is 0.769. The molecular formula is C13H20N2O2. The Bertz CT molecular complexity index is 318. The molecule has 4 bridgehead atoms. The molecule has 0 heterocycles. The Morgan fingerprint density at radius 2 is 1.65 bits per heavy atom. The molecule has 4 aliphatic rings. The molecule has 0 amide bonds. The van der Waals surface area contributed by atoms with Crippen molar-refractivity contribution in [3.8, 4) is 0 Å². The Morgan fingerprint density at radius 1 is 1.18 bits per heavy atom. The lowest BCUT2D eigenvalue weighted by Crippen LogP contribution is -3.06. The topological polar surface area (TPSA) is 49.1 Å². The van der Waals surface area contributed by atoms with Gasteiger partial charge in [0.1, 0.15) is 5.60 Å². The van der Waals surface area contributed by atoms with E-state index in [2.05, 4.69) is 18.3 Å². The van der Waals surface area contributed by atoms with Gasteiger partial charge in [0.25, 0.3) is 5.82 Å². The highest BCUT2D eigenvalue weighted by Crippen LogP contribution is 2.56. The Labute approximate surface area is 102 Å². The minimum atomic E-state index is -0.373. The fourth-order valence-electron chi connectivity index (χ4n) is 4.48. The summed E-state index contributed by atoms with van der Waals surface area (Å²) in [5.41, 5.74) is -0.195. The summed E-state index contributed by atoms with van der Waals surface area (Å²) in [6.07, 6.45) is 7.19. The second kappa shape index (κ2) is 3.90. The third-order valence-electron chi connectivity index (χ3n) is 4.72. The first-order valence-corrected chi connectivity index (χ1v) is 6.49. The third-order valence-corrected chi connectivity index (χ3v) is 4.72. The monoisotopic (exact) mass is 236 g/mol. The molecule has 0 spiro atoms. The van der Waals surface area contributed by atoms with Gasteiger partial charge < -0.3 is 5.21 Å². The molecular weight excluding hydrogens is 216 g/mol. The molecule has 0 radical (unpaired) electrons. The van der Waals surface area contributed by atoms with Gasteiger partial charge in [-0.15, -0.1) is 0 Å². The lowest BCUT2D eigenvalue weighted by molar-refractivity contribution is -1.03. The van der Waals surface area contributed by atoms with Crippen molar-refractivity contribution >= 4 is 6.72 Å². The van der Waals surface area contributed by atoms with E-state index < -0.39 is 0 Å². The zero-order valence-electron chi connectivity index (χ0n) is 10.2. The molecule has 1 N–H and O–H groups in total. The van der Waals surface area contributed by atoms with Gasteiger partial charge in [0, 0.05) is 0 Å². The van der Waals surface area contributed by atoms with Gasteiger partial charge in [-0.25, -0.2) is 4.99 Å². The highest BCUT2D eigenvalue weighted by molar-refractivity contribution is 5.26. The molecule has 0 aliphatic heterocycles. The maximum Gasteiger partial charge on any atom is 0.251 e. The molecule has 0 saturated heterocycles. The van der Waals surface area contributed by atoms with E-state index in [4.69, 9.17) is 4.84 Å². The van der Waals surface area contributed by atoms with Crippen LogP contribution in [0.15, 0.2) is 17.4 Å². The van der Waals surface area contributed by atoms with Crippen LogP contribution in [0.1, 0.15) is 38.5 Å². The number of rotatable bonds is 4. The normalized spacial score (nSPS) is 44.6. The minimum Gasteiger partial charge on any atom is -0.593 e. The molecule has 4 fully saturated rings. The van der Waals surface area contributed by atoms with E-state index in [0.717, 1.165) is 37.0 Å². The van der Waals surface area contributed by atoms with Crippen LogP contribution in [0, 0.1) is 23.0 Å². The van der Waals surface area contributed by atoms with Crippen molar-refractivity contribution in [2.45, 2.75) is 44.1 Å². The molecule has 4 aliphatic carbocycles. The molecule has 0 aromatic carbocycles. The summed E-state index contributed by atoms with van der Waals surface area (Å²) in [4.78, 5) is 9.30. The minimum absolute atomic E-state index is 0.140. The molecule has 4 rings (SSSR count). The van der Waals surface area contributed by atoms with Crippen LogP contribution in [-0.4, -0.2) is 12.3 Å². The number of nitrogens with one attached hydrogen (secondary N) is 1. The van der Waals surface area contributed by atoms with Crippen LogP contribution in [-0.2, 0) is 4.84 Å². The summed E-state index contributed by atoms with van der Waals surface area (Å²) >= 11 is 0. The van der Waals surface area contributed by atoms with E-state index in [-0.39, 0.29) is 16.6 Å². The van der Waals surface area contributed by atoms with E-state index >= 15 is 0 Å². The van der Waals surface area contributed by atoms with Crippen molar-refractivity contribution in [2.24, 2.45) is 22.7 Å². The zero-order chi connectivity index (χ0) is 12.0. The van der Waals surface area contributed by atoms with Gasteiger partial charge in [-0.05, 0) is 69.6 Å². The van der Waals surface area contributed by atoms with Crippen molar-refractivity contribution in [3.05, 3.63) is 17.6 Å². The second-order valence-electron chi connectivity index (χ2n) is 6.09. The van der Waals surface area contributed by atoms with Crippen LogP contribution in [0.25, 0.3) is 0 Å². The maximum absolute atomic E-state index is 11.8. The van der Waals surface area contributed by atoms with Crippen molar-refractivity contribution in [1.29, 1.82) is 0 Å². The summed E-state index contributed by atoms with van der Waals surface area (Å²) in [6, 6.07) is 0. The number of hydrogen-bond acceptors (Lipinski definition) is 3. The number of hydroxylamine groups is 2. The molecule has 0 aromatic heterocycles. The molecule has 4 heteroatoms. The SMILES string of the molecule is C=NC(=C)[NH+]([O-])OC12CC3CC(CC(C3)C1)C2. The largest absolute Gasteiger partial charge is 0.593 e. The summed E-state index contributed by atoms with van der Waals surface area (Å²) in [6.45, 7) is 6.89.